The standard InChI is InChI=1S/C21H20N8O2/c1-12(30)26-8-9-27-19(13-2-5-17-23-10-16(20(22)31)28(17)11-13)18(24-21(26)27)15-6-7-29(25-15)14-3-4-14/h2,5-7,10-11,14H,3-4,8-9H2,1H3,(H2,22,31). The zero-order chi connectivity index (χ0) is 21.3. The van der Waals surface area contributed by atoms with Crippen molar-refractivity contribution in [3.8, 4) is 22.6 Å². The number of hydrogen-bond donors (Lipinski definition) is 1. The number of rotatable bonds is 4. The van der Waals surface area contributed by atoms with Crippen molar-refractivity contribution >= 4 is 23.4 Å². The highest BCUT2D eigenvalue weighted by Crippen LogP contribution is 2.39. The maximum atomic E-state index is 12.2. The molecular formula is C21H20N8O2. The molecule has 156 valence electrons. The first-order valence-corrected chi connectivity index (χ1v) is 10.2. The van der Waals surface area contributed by atoms with Gasteiger partial charge in [0.1, 0.15) is 22.7 Å². The van der Waals surface area contributed by atoms with E-state index < -0.39 is 5.91 Å². The lowest BCUT2D eigenvalue weighted by molar-refractivity contribution is -0.116. The molecule has 1 fully saturated rings. The van der Waals surface area contributed by atoms with E-state index in [-0.39, 0.29) is 5.91 Å². The van der Waals surface area contributed by atoms with Gasteiger partial charge in [0, 0.05) is 38.0 Å². The monoisotopic (exact) mass is 416 g/mol. The Morgan fingerprint density at radius 1 is 1.16 bits per heavy atom. The quantitative estimate of drug-likeness (QED) is 0.545. The Balaban J connectivity index is 1.57. The summed E-state index contributed by atoms with van der Waals surface area (Å²) < 4.78 is 5.70. The summed E-state index contributed by atoms with van der Waals surface area (Å²) in [6, 6.07) is 6.20. The average molecular weight is 416 g/mol. The minimum Gasteiger partial charge on any atom is -0.364 e. The number of fused-ring (bicyclic) bond motifs is 2. The van der Waals surface area contributed by atoms with E-state index in [0.29, 0.717) is 42.1 Å². The van der Waals surface area contributed by atoms with Crippen LogP contribution in [0.4, 0.5) is 5.95 Å². The predicted octanol–water partition coefficient (Wildman–Crippen LogP) is 1.86. The number of aromatic nitrogens is 6. The fraction of sp³-hybridized carbons (Fsp3) is 0.286. The zero-order valence-corrected chi connectivity index (χ0v) is 16.9. The molecule has 0 bridgehead atoms. The molecule has 10 nitrogen and oxygen atoms in total. The summed E-state index contributed by atoms with van der Waals surface area (Å²) in [7, 11) is 0. The molecule has 2 N–H and O–H groups in total. The number of nitrogens with two attached hydrogens (primary N) is 1. The van der Waals surface area contributed by atoms with Gasteiger partial charge in [-0.3, -0.25) is 23.6 Å². The van der Waals surface area contributed by atoms with Gasteiger partial charge in [-0.25, -0.2) is 9.97 Å². The normalized spacial score (nSPS) is 15.6. The molecule has 6 rings (SSSR count). The van der Waals surface area contributed by atoms with E-state index in [1.165, 1.54) is 6.20 Å². The van der Waals surface area contributed by atoms with Gasteiger partial charge in [-0.15, -0.1) is 0 Å². The lowest BCUT2D eigenvalue weighted by Crippen LogP contribution is -2.26. The molecule has 0 atom stereocenters. The van der Waals surface area contributed by atoms with Crippen LogP contribution in [0.2, 0.25) is 0 Å². The van der Waals surface area contributed by atoms with E-state index in [9.17, 15) is 9.59 Å². The van der Waals surface area contributed by atoms with E-state index in [1.54, 1.807) is 16.2 Å². The number of amides is 2. The maximum Gasteiger partial charge on any atom is 0.267 e. The van der Waals surface area contributed by atoms with Crippen LogP contribution in [-0.4, -0.2) is 47.1 Å². The fourth-order valence-electron chi connectivity index (χ4n) is 4.24. The Bertz CT molecular complexity index is 1370. The third kappa shape index (κ3) is 2.68. The van der Waals surface area contributed by atoms with Crippen LogP contribution in [0.1, 0.15) is 36.3 Å². The summed E-state index contributed by atoms with van der Waals surface area (Å²) in [5.41, 5.74) is 9.61. The van der Waals surface area contributed by atoms with Gasteiger partial charge in [0.2, 0.25) is 11.9 Å². The minimum atomic E-state index is -0.547. The summed E-state index contributed by atoms with van der Waals surface area (Å²) in [4.78, 5) is 34.7. The van der Waals surface area contributed by atoms with Gasteiger partial charge < -0.3 is 10.3 Å². The van der Waals surface area contributed by atoms with Gasteiger partial charge in [0.05, 0.1) is 17.9 Å². The van der Waals surface area contributed by atoms with Crippen molar-refractivity contribution < 1.29 is 9.59 Å². The first kappa shape index (κ1) is 17.9. The van der Waals surface area contributed by atoms with E-state index >= 15 is 0 Å². The predicted molar refractivity (Wildman–Crippen MR) is 112 cm³/mol. The Labute approximate surface area is 176 Å². The van der Waals surface area contributed by atoms with Crippen molar-refractivity contribution in [2.45, 2.75) is 32.4 Å². The summed E-state index contributed by atoms with van der Waals surface area (Å²) >= 11 is 0. The molecule has 10 heteroatoms. The highest BCUT2D eigenvalue weighted by atomic mass is 16.2. The first-order chi connectivity index (χ1) is 15.0. The molecule has 0 unspecified atom stereocenters. The smallest absolute Gasteiger partial charge is 0.267 e. The summed E-state index contributed by atoms with van der Waals surface area (Å²) in [5.74, 6) is 0.0140. The molecule has 4 aromatic rings. The lowest BCUT2D eigenvalue weighted by Gasteiger charge is -2.09. The molecule has 2 amide bonds. The minimum absolute atomic E-state index is 0.0496. The van der Waals surface area contributed by atoms with Gasteiger partial charge in [0.15, 0.2) is 0 Å². The largest absolute Gasteiger partial charge is 0.364 e. The number of anilines is 1. The van der Waals surface area contributed by atoms with Gasteiger partial charge >= 0.3 is 0 Å². The summed E-state index contributed by atoms with van der Waals surface area (Å²) in [5, 5.41) is 4.75. The molecule has 0 aromatic carbocycles. The third-order valence-corrected chi connectivity index (χ3v) is 5.92. The van der Waals surface area contributed by atoms with E-state index in [4.69, 9.17) is 15.8 Å². The van der Waals surface area contributed by atoms with Crippen molar-refractivity contribution in [1.82, 2.24) is 28.7 Å². The Hall–Kier alpha value is -3.95. The average Bonchev–Trinajstić information content (AvgIpc) is 3.13. The van der Waals surface area contributed by atoms with Crippen LogP contribution in [0.25, 0.3) is 28.3 Å². The molecule has 2 aliphatic rings. The molecule has 0 spiro atoms. The third-order valence-electron chi connectivity index (χ3n) is 5.92. The molecule has 1 aliphatic heterocycles. The van der Waals surface area contributed by atoms with Crippen LogP contribution >= 0.6 is 0 Å². The second kappa shape index (κ2) is 6.27. The molecule has 1 saturated carbocycles. The van der Waals surface area contributed by atoms with Crippen LogP contribution in [-0.2, 0) is 11.3 Å². The van der Waals surface area contributed by atoms with E-state index in [1.807, 2.05) is 39.8 Å². The number of hydrogen-bond acceptors (Lipinski definition) is 5. The number of pyridine rings is 1. The van der Waals surface area contributed by atoms with Crippen LogP contribution in [0.3, 0.4) is 0 Å². The molecule has 0 radical (unpaired) electrons. The number of primary amides is 1. The zero-order valence-electron chi connectivity index (χ0n) is 16.9. The van der Waals surface area contributed by atoms with Crippen molar-refractivity contribution in [2.24, 2.45) is 5.73 Å². The number of imidazole rings is 2. The molecule has 0 saturated heterocycles. The van der Waals surface area contributed by atoms with Crippen molar-refractivity contribution in [1.29, 1.82) is 0 Å². The highest BCUT2D eigenvalue weighted by molar-refractivity contribution is 5.93. The van der Waals surface area contributed by atoms with Gasteiger partial charge in [0.25, 0.3) is 5.91 Å². The molecule has 5 heterocycles. The molecule has 4 aromatic heterocycles. The molecule has 1 aliphatic carbocycles. The van der Waals surface area contributed by atoms with E-state index in [0.717, 1.165) is 29.8 Å². The highest BCUT2D eigenvalue weighted by Gasteiger charge is 2.32. The molecule has 31 heavy (non-hydrogen) atoms. The number of nitrogens with zero attached hydrogens (tertiary/aromatic N) is 7. The first-order valence-electron chi connectivity index (χ1n) is 10.2. The Morgan fingerprint density at radius 3 is 2.74 bits per heavy atom. The van der Waals surface area contributed by atoms with Crippen LogP contribution < -0.4 is 10.6 Å². The topological polar surface area (TPSA) is 116 Å². The SMILES string of the molecule is CC(=O)N1CCn2c1nc(-c1ccn(C3CC3)n1)c2-c1ccc2ncc(C(N)=O)n2c1. The molecular weight excluding hydrogens is 396 g/mol. The lowest BCUT2D eigenvalue weighted by atomic mass is 10.1. The Kier molecular flexibility index (Phi) is 3.62. The van der Waals surface area contributed by atoms with Gasteiger partial charge in [-0.05, 0) is 31.0 Å². The van der Waals surface area contributed by atoms with Gasteiger partial charge in [-0.1, -0.05) is 0 Å². The van der Waals surface area contributed by atoms with Crippen molar-refractivity contribution in [2.75, 3.05) is 11.4 Å². The number of carbonyl (C=O) groups is 2. The number of carbonyl (C=O) groups excluding carboxylic acids is 2. The summed E-state index contributed by atoms with van der Waals surface area (Å²) in [6.07, 6.45) is 7.56. The van der Waals surface area contributed by atoms with Crippen molar-refractivity contribution in [3.63, 3.8) is 0 Å². The summed E-state index contributed by atoms with van der Waals surface area (Å²) in [6.45, 7) is 2.74. The second-order valence-corrected chi connectivity index (χ2v) is 8.00. The van der Waals surface area contributed by atoms with Crippen LogP contribution in [0.15, 0.2) is 36.8 Å². The Morgan fingerprint density at radius 2 is 2.00 bits per heavy atom. The van der Waals surface area contributed by atoms with Crippen molar-refractivity contribution in [3.05, 3.63) is 42.5 Å². The van der Waals surface area contributed by atoms with Gasteiger partial charge in [-0.2, -0.15) is 5.10 Å². The second-order valence-electron chi connectivity index (χ2n) is 8.00. The van der Waals surface area contributed by atoms with Crippen LogP contribution in [0, 0.1) is 0 Å². The van der Waals surface area contributed by atoms with Crippen LogP contribution in [0.5, 0.6) is 0 Å². The maximum absolute atomic E-state index is 12.2. The fourth-order valence-corrected chi connectivity index (χ4v) is 4.24. The van der Waals surface area contributed by atoms with E-state index in [2.05, 4.69) is 4.98 Å².